The summed E-state index contributed by atoms with van der Waals surface area (Å²) in [5, 5.41) is 12.8. The van der Waals surface area contributed by atoms with Gasteiger partial charge in [0.1, 0.15) is 5.82 Å². The van der Waals surface area contributed by atoms with Gasteiger partial charge in [0.05, 0.1) is 0 Å². The van der Waals surface area contributed by atoms with Crippen molar-refractivity contribution < 1.29 is 5.11 Å². The first kappa shape index (κ1) is 17.7. The molecule has 4 heteroatoms. The number of aromatic nitrogens is 2. The molecule has 1 heterocycles. The van der Waals surface area contributed by atoms with Gasteiger partial charge in [-0.25, -0.2) is 4.98 Å². The van der Waals surface area contributed by atoms with Crippen molar-refractivity contribution in [3.63, 3.8) is 0 Å². The Balaban J connectivity index is 1.86. The number of imidazole rings is 1. The van der Waals surface area contributed by atoms with Crippen LogP contribution in [-0.4, -0.2) is 27.8 Å². The zero-order chi connectivity index (χ0) is 16.9. The molecule has 0 spiro atoms. The zero-order valence-electron chi connectivity index (χ0n) is 14.7. The van der Waals surface area contributed by atoms with Crippen LogP contribution in [0.4, 0.5) is 0 Å². The van der Waals surface area contributed by atoms with E-state index in [0.717, 1.165) is 30.9 Å². The number of nitrogens with zero attached hydrogens (tertiary/aromatic N) is 2. The van der Waals surface area contributed by atoms with Gasteiger partial charge in [-0.15, -0.1) is 0 Å². The number of rotatable bonds is 8. The first-order chi connectivity index (χ1) is 10.9. The second kappa shape index (κ2) is 7.75. The zero-order valence-corrected chi connectivity index (χ0v) is 14.7. The first-order valence-electron chi connectivity index (χ1n) is 8.37. The highest BCUT2D eigenvalue weighted by Gasteiger charge is 2.15. The molecule has 1 unspecified atom stereocenters. The van der Waals surface area contributed by atoms with Crippen LogP contribution >= 0.6 is 0 Å². The summed E-state index contributed by atoms with van der Waals surface area (Å²) in [7, 11) is 0. The molecule has 0 amide bonds. The topological polar surface area (TPSA) is 50.1 Å². The molecule has 1 aromatic carbocycles. The Labute approximate surface area is 139 Å². The molecule has 23 heavy (non-hydrogen) atoms. The van der Waals surface area contributed by atoms with E-state index in [1.54, 1.807) is 0 Å². The third-order valence-electron chi connectivity index (χ3n) is 4.41. The monoisotopic (exact) mass is 315 g/mol. The summed E-state index contributed by atoms with van der Waals surface area (Å²) in [6.07, 6.45) is 5.91. The second-order valence-corrected chi connectivity index (χ2v) is 7.04. The minimum absolute atomic E-state index is 0.0230. The molecule has 0 aliphatic carbocycles. The Morgan fingerprint density at radius 3 is 2.52 bits per heavy atom. The Morgan fingerprint density at radius 2 is 1.96 bits per heavy atom. The average molecular weight is 315 g/mol. The maximum atomic E-state index is 9.28. The highest BCUT2D eigenvalue weighted by atomic mass is 16.3. The van der Waals surface area contributed by atoms with Gasteiger partial charge in [-0.2, -0.15) is 0 Å². The fourth-order valence-electron chi connectivity index (χ4n) is 2.66. The smallest absolute Gasteiger partial charge is 0.110 e. The normalized spacial score (nSPS) is 13.3. The van der Waals surface area contributed by atoms with Crippen molar-refractivity contribution in [1.82, 2.24) is 14.9 Å². The summed E-state index contributed by atoms with van der Waals surface area (Å²) in [5.41, 5.74) is 2.45. The van der Waals surface area contributed by atoms with Gasteiger partial charge in [0, 0.05) is 30.7 Å². The predicted octanol–water partition coefficient (Wildman–Crippen LogP) is 3.63. The molecule has 2 aromatic rings. The van der Waals surface area contributed by atoms with Crippen LogP contribution in [0.3, 0.4) is 0 Å². The van der Waals surface area contributed by atoms with E-state index in [0.29, 0.717) is 6.04 Å². The predicted molar refractivity (Wildman–Crippen MR) is 94.8 cm³/mol. The Hall–Kier alpha value is -1.65. The molecule has 4 nitrogen and oxygen atoms in total. The minimum atomic E-state index is 0.0230. The number of aliphatic hydroxyl groups is 1. The molecule has 1 aromatic heterocycles. The van der Waals surface area contributed by atoms with Gasteiger partial charge in [-0.3, -0.25) is 0 Å². The van der Waals surface area contributed by atoms with E-state index in [2.05, 4.69) is 59.9 Å². The largest absolute Gasteiger partial charge is 0.396 e. The lowest BCUT2D eigenvalue weighted by atomic mass is 9.89. The van der Waals surface area contributed by atoms with E-state index >= 15 is 0 Å². The number of benzene rings is 1. The molecule has 0 fully saturated rings. The minimum Gasteiger partial charge on any atom is -0.396 e. The molecule has 0 aliphatic rings. The van der Waals surface area contributed by atoms with Gasteiger partial charge in [-0.05, 0) is 56.3 Å². The number of aryl methyl sites for hydroxylation is 1. The molecule has 2 N–H and O–H groups in total. The quantitative estimate of drug-likeness (QED) is 0.731. The van der Waals surface area contributed by atoms with E-state index in [9.17, 15) is 5.11 Å². The van der Waals surface area contributed by atoms with Crippen LogP contribution in [0.15, 0.2) is 36.7 Å². The summed E-state index contributed by atoms with van der Waals surface area (Å²) in [5.74, 6) is 0.996. The summed E-state index contributed by atoms with van der Waals surface area (Å²) in [6.45, 7) is 9.62. The number of hydrogen-bond acceptors (Lipinski definition) is 3. The van der Waals surface area contributed by atoms with Crippen molar-refractivity contribution in [2.45, 2.75) is 46.6 Å². The van der Waals surface area contributed by atoms with Crippen LogP contribution in [0.25, 0.3) is 5.69 Å². The van der Waals surface area contributed by atoms with Crippen LogP contribution < -0.4 is 5.32 Å². The van der Waals surface area contributed by atoms with E-state index in [-0.39, 0.29) is 12.0 Å². The van der Waals surface area contributed by atoms with E-state index in [1.165, 1.54) is 5.56 Å². The molecule has 0 saturated carbocycles. The fourth-order valence-corrected chi connectivity index (χ4v) is 2.66. The molecule has 2 rings (SSSR count). The van der Waals surface area contributed by atoms with Gasteiger partial charge < -0.3 is 15.0 Å². The lowest BCUT2D eigenvalue weighted by Crippen LogP contribution is -2.23. The lowest BCUT2D eigenvalue weighted by molar-refractivity contribution is 0.147. The standard InChI is InChI=1S/C19H29N3O/c1-15(20-11-5-10-19(3,4)14-23)17-6-8-18(9-7-17)22-13-12-21-16(22)2/h6-9,12-13,15,20,23H,5,10-11,14H2,1-4H3. The van der Waals surface area contributed by atoms with E-state index in [1.807, 2.05) is 19.3 Å². The maximum absolute atomic E-state index is 9.28. The Morgan fingerprint density at radius 1 is 1.26 bits per heavy atom. The summed E-state index contributed by atoms with van der Waals surface area (Å²) >= 11 is 0. The SMILES string of the molecule is Cc1nccn1-c1ccc(C(C)NCCCC(C)(C)CO)cc1. The Kier molecular flexibility index (Phi) is 5.97. The highest BCUT2D eigenvalue weighted by molar-refractivity contribution is 5.36. The van der Waals surface area contributed by atoms with Crippen molar-refractivity contribution in [2.24, 2.45) is 5.41 Å². The van der Waals surface area contributed by atoms with Crippen LogP contribution in [0.1, 0.15) is 51.0 Å². The molecule has 126 valence electrons. The van der Waals surface area contributed by atoms with Gasteiger partial charge >= 0.3 is 0 Å². The van der Waals surface area contributed by atoms with Crippen molar-refractivity contribution in [2.75, 3.05) is 13.2 Å². The van der Waals surface area contributed by atoms with E-state index < -0.39 is 0 Å². The second-order valence-electron chi connectivity index (χ2n) is 7.04. The molecule has 1 atom stereocenters. The number of nitrogens with one attached hydrogen (secondary N) is 1. The molecule has 0 saturated heterocycles. The average Bonchev–Trinajstić information content (AvgIpc) is 2.97. The van der Waals surface area contributed by atoms with Gasteiger partial charge in [0.25, 0.3) is 0 Å². The number of hydrogen-bond donors (Lipinski definition) is 2. The van der Waals surface area contributed by atoms with Crippen molar-refractivity contribution >= 4 is 0 Å². The molecular weight excluding hydrogens is 286 g/mol. The Bertz CT molecular complexity index is 601. The third-order valence-corrected chi connectivity index (χ3v) is 4.41. The summed E-state index contributed by atoms with van der Waals surface area (Å²) in [4.78, 5) is 4.26. The highest BCUT2D eigenvalue weighted by Crippen LogP contribution is 2.21. The number of aliphatic hydroxyl groups excluding tert-OH is 1. The van der Waals surface area contributed by atoms with Crippen molar-refractivity contribution in [3.8, 4) is 5.69 Å². The third kappa shape index (κ3) is 4.91. The van der Waals surface area contributed by atoms with Crippen LogP contribution in [0.5, 0.6) is 0 Å². The molecule has 0 radical (unpaired) electrons. The summed E-state index contributed by atoms with van der Waals surface area (Å²) in [6, 6.07) is 8.94. The van der Waals surface area contributed by atoms with Gasteiger partial charge in [0.15, 0.2) is 0 Å². The fraction of sp³-hybridized carbons (Fsp3) is 0.526. The van der Waals surface area contributed by atoms with Crippen LogP contribution in [0.2, 0.25) is 0 Å². The van der Waals surface area contributed by atoms with E-state index in [4.69, 9.17) is 0 Å². The molecule has 0 aliphatic heterocycles. The van der Waals surface area contributed by atoms with Crippen LogP contribution in [0, 0.1) is 12.3 Å². The van der Waals surface area contributed by atoms with Crippen LogP contribution in [-0.2, 0) is 0 Å². The van der Waals surface area contributed by atoms with Crippen molar-refractivity contribution in [1.29, 1.82) is 0 Å². The first-order valence-corrected chi connectivity index (χ1v) is 8.37. The van der Waals surface area contributed by atoms with Crippen molar-refractivity contribution in [3.05, 3.63) is 48.0 Å². The van der Waals surface area contributed by atoms with Gasteiger partial charge in [-0.1, -0.05) is 26.0 Å². The molecule has 0 bridgehead atoms. The maximum Gasteiger partial charge on any atom is 0.110 e. The summed E-state index contributed by atoms with van der Waals surface area (Å²) < 4.78 is 2.08. The van der Waals surface area contributed by atoms with Gasteiger partial charge in [0.2, 0.25) is 0 Å². The molecular formula is C19H29N3O. The lowest BCUT2D eigenvalue weighted by Gasteiger charge is -2.22.